The summed E-state index contributed by atoms with van der Waals surface area (Å²) in [4.78, 5) is 7.81. The standard InChI is InChI=1S/C10H7Cl2N3O/c11-6-3-8(13)9(4-7(6)12)16-10-5-14-1-2-15-10/h1-5H,13H2. The molecule has 0 aliphatic heterocycles. The highest BCUT2D eigenvalue weighted by Gasteiger charge is 2.07. The van der Waals surface area contributed by atoms with E-state index >= 15 is 0 Å². The lowest BCUT2D eigenvalue weighted by atomic mass is 10.3. The molecule has 0 radical (unpaired) electrons. The Morgan fingerprint density at radius 2 is 1.88 bits per heavy atom. The van der Waals surface area contributed by atoms with Gasteiger partial charge >= 0.3 is 0 Å². The van der Waals surface area contributed by atoms with E-state index in [1.165, 1.54) is 24.5 Å². The summed E-state index contributed by atoms with van der Waals surface area (Å²) >= 11 is 11.6. The van der Waals surface area contributed by atoms with Crippen LogP contribution in [0.4, 0.5) is 5.69 Å². The molecule has 1 aromatic heterocycles. The van der Waals surface area contributed by atoms with Crippen molar-refractivity contribution >= 4 is 28.9 Å². The van der Waals surface area contributed by atoms with Gasteiger partial charge in [-0.05, 0) is 6.07 Å². The van der Waals surface area contributed by atoms with Crippen molar-refractivity contribution in [1.29, 1.82) is 0 Å². The van der Waals surface area contributed by atoms with Gasteiger partial charge in [0, 0.05) is 18.5 Å². The molecule has 0 aliphatic carbocycles. The first kappa shape index (κ1) is 11.0. The lowest BCUT2D eigenvalue weighted by molar-refractivity contribution is 0.462. The Morgan fingerprint density at radius 1 is 1.12 bits per heavy atom. The van der Waals surface area contributed by atoms with Crippen molar-refractivity contribution in [3.05, 3.63) is 40.8 Å². The average Bonchev–Trinajstić information content (AvgIpc) is 2.27. The van der Waals surface area contributed by atoms with Crippen LogP contribution in [0.15, 0.2) is 30.7 Å². The molecule has 0 saturated carbocycles. The number of aromatic nitrogens is 2. The summed E-state index contributed by atoms with van der Waals surface area (Å²) in [5, 5.41) is 0.750. The van der Waals surface area contributed by atoms with Crippen molar-refractivity contribution in [3.8, 4) is 11.6 Å². The molecule has 0 bridgehead atoms. The minimum absolute atomic E-state index is 0.340. The predicted molar refractivity (Wildman–Crippen MR) is 63.0 cm³/mol. The smallest absolute Gasteiger partial charge is 0.237 e. The first-order chi connectivity index (χ1) is 7.66. The lowest BCUT2D eigenvalue weighted by Crippen LogP contribution is -1.94. The Labute approximate surface area is 102 Å². The fraction of sp³-hybridized carbons (Fsp3) is 0. The molecule has 0 saturated heterocycles. The molecule has 16 heavy (non-hydrogen) atoms. The van der Waals surface area contributed by atoms with E-state index in [2.05, 4.69) is 9.97 Å². The van der Waals surface area contributed by atoms with Gasteiger partial charge in [0.1, 0.15) is 0 Å². The molecule has 4 nitrogen and oxygen atoms in total. The Kier molecular flexibility index (Phi) is 3.12. The van der Waals surface area contributed by atoms with E-state index in [0.717, 1.165) is 0 Å². The summed E-state index contributed by atoms with van der Waals surface area (Å²) in [5.41, 5.74) is 6.11. The number of hydrogen-bond acceptors (Lipinski definition) is 4. The van der Waals surface area contributed by atoms with Crippen LogP contribution in [0.25, 0.3) is 0 Å². The summed E-state index contributed by atoms with van der Waals surface area (Å²) < 4.78 is 5.40. The average molecular weight is 256 g/mol. The van der Waals surface area contributed by atoms with Crippen LogP contribution in [-0.2, 0) is 0 Å². The molecule has 0 amide bonds. The van der Waals surface area contributed by atoms with E-state index in [4.69, 9.17) is 33.7 Å². The second-order valence-corrected chi connectivity index (χ2v) is 3.76. The van der Waals surface area contributed by atoms with Crippen LogP contribution in [-0.4, -0.2) is 9.97 Å². The summed E-state index contributed by atoms with van der Waals surface area (Å²) in [6.45, 7) is 0. The monoisotopic (exact) mass is 255 g/mol. The molecule has 1 aromatic carbocycles. The van der Waals surface area contributed by atoms with E-state index < -0.39 is 0 Å². The van der Waals surface area contributed by atoms with Gasteiger partial charge in [-0.3, -0.25) is 4.98 Å². The van der Waals surface area contributed by atoms with E-state index in [1.807, 2.05) is 0 Å². The fourth-order valence-electron chi connectivity index (χ4n) is 1.08. The van der Waals surface area contributed by atoms with Crippen LogP contribution >= 0.6 is 23.2 Å². The SMILES string of the molecule is Nc1cc(Cl)c(Cl)cc1Oc1cnccn1. The fourth-order valence-corrected chi connectivity index (χ4v) is 1.41. The highest BCUT2D eigenvalue weighted by atomic mass is 35.5. The molecule has 2 aromatic rings. The Morgan fingerprint density at radius 3 is 2.56 bits per heavy atom. The number of nitrogens with two attached hydrogens (primary N) is 1. The molecule has 0 unspecified atom stereocenters. The second kappa shape index (κ2) is 4.55. The summed E-state index contributed by atoms with van der Waals surface area (Å²) in [6.07, 6.45) is 4.54. The minimum Gasteiger partial charge on any atom is -0.435 e. The van der Waals surface area contributed by atoms with Gasteiger partial charge in [0.25, 0.3) is 0 Å². The molecule has 0 spiro atoms. The van der Waals surface area contributed by atoms with Crippen molar-refractivity contribution in [3.63, 3.8) is 0 Å². The number of halogens is 2. The van der Waals surface area contributed by atoms with Gasteiger partial charge in [-0.15, -0.1) is 0 Å². The highest BCUT2D eigenvalue weighted by Crippen LogP contribution is 2.34. The molecule has 6 heteroatoms. The predicted octanol–water partition coefficient (Wildman–Crippen LogP) is 3.16. The number of nitrogen functional groups attached to an aromatic ring is 1. The largest absolute Gasteiger partial charge is 0.435 e. The zero-order valence-electron chi connectivity index (χ0n) is 8.02. The summed E-state index contributed by atoms with van der Waals surface area (Å²) in [7, 11) is 0. The second-order valence-electron chi connectivity index (χ2n) is 2.95. The third-order valence-corrected chi connectivity index (χ3v) is 2.53. The van der Waals surface area contributed by atoms with Gasteiger partial charge in [-0.2, -0.15) is 0 Å². The third kappa shape index (κ3) is 2.35. The van der Waals surface area contributed by atoms with Crippen LogP contribution in [0.5, 0.6) is 11.6 Å². The van der Waals surface area contributed by atoms with Crippen LogP contribution in [0.2, 0.25) is 10.0 Å². The lowest BCUT2D eigenvalue weighted by Gasteiger charge is -2.08. The van der Waals surface area contributed by atoms with Gasteiger partial charge in [0.2, 0.25) is 5.88 Å². The van der Waals surface area contributed by atoms with Gasteiger partial charge in [-0.1, -0.05) is 23.2 Å². The maximum absolute atomic E-state index is 5.85. The Balaban J connectivity index is 2.32. The quantitative estimate of drug-likeness (QED) is 0.838. The number of hydrogen-bond donors (Lipinski definition) is 1. The van der Waals surface area contributed by atoms with Crippen LogP contribution in [0, 0.1) is 0 Å². The van der Waals surface area contributed by atoms with E-state index in [-0.39, 0.29) is 0 Å². The summed E-state index contributed by atoms with van der Waals surface area (Å²) in [5.74, 6) is 0.738. The molecule has 0 atom stereocenters. The number of ether oxygens (including phenoxy) is 1. The van der Waals surface area contributed by atoms with Crippen molar-refractivity contribution in [2.75, 3.05) is 5.73 Å². The van der Waals surface area contributed by atoms with Gasteiger partial charge < -0.3 is 10.5 Å². The van der Waals surface area contributed by atoms with E-state index in [1.54, 1.807) is 6.20 Å². The van der Waals surface area contributed by atoms with Gasteiger partial charge in [0.15, 0.2) is 5.75 Å². The highest BCUT2D eigenvalue weighted by molar-refractivity contribution is 6.42. The number of anilines is 1. The molecule has 0 aliphatic rings. The van der Waals surface area contributed by atoms with Crippen LogP contribution < -0.4 is 10.5 Å². The van der Waals surface area contributed by atoms with E-state index in [9.17, 15) is 0 Å². The van der Waals surface area contributed by atoms with Crippen molar-refractivity contribution < 1.29 is 4.74 Å². The first-order valence-electron chi connectivity index (χ1n) is 4.35. The Bertz CT molecular complexity index is 505. The first-order valence-corrected chi connectivity index (χ1v) is 5.11. The zero-order chi connectivity index (χ0) is 11.5. The number of nitrogens with zero attached hydrogens (tertiary/aromatic N) is 2. The van der Waals surface area contributed by atoms with Crippen LogP contribution in [0.1, 0.15) is 0 Å². The third-order valence-electron chi connectivity index (χ3n) is 1.81. The van der Waals surface area contributed by atoms with Gasteiger partial charge in [0.05, 0.1) is 21.9 Å². The maximum Gasteiger partial charge on any atom is 0.237 e. The zero-order valence-corrected chi connectivity index (χ0v) is 9.53. The number of rotatable bonds is 2. The molecule has 1 heterocycles. The summed E-state index contributed by atoms with van der Waals surface area (Å²) in [6, 6.07) is 3.06. The molecular weight excluding hydrogens is 249 g/mol. The van der Waals surface area contributed by atoms with Crippen molar-refractivity contribution in [1.82, 2.24) is 9.97 Å². The molecule has 82 valence electrons. The minimum atomic E-state index is 0.340. The van der Waals surface area contributed by atoms with Gasteiger partial charge in [-0.25, -0.2) is 4.98 Å². The molecule has 0 fully saturated rings. The Hall–Kier alpha value is -1.52. The van der Waals surface area contributed by atoms with Crippen molar-refractivity contribution in [2.45, 2.75) is 0 Å². The number of benzene rings is 1. The maximum atomic E-state index is 5.85. The topological polar surface area (TPSA) is 61.0 Å². The molecular formula is C10H7Cl2N3O. The van der Waals surface area contributed by atoms with Crippen LogP contribution in [0.3, 0.4) is 0 Å². The normalized spacial score (nSPS) is 10.1. The van der Waals surface area contributed by atoms with Crippen molar-refractivity contribution in [2.24, 2.45) is 0 Å². The van der Waals surface area contributed by atoms with E-state index in [0.29, 0.717) is 27.4 Å². The molecule has 2 rings (SSSR count). The molecule has 2 N–H and O–H groups in total.